The van der Waals surface area contributed by atoms with E-state index >= 15 is 0 Å². The van der Waals surface area contributed by atoms with Gasteiger partial charge in [-0.1, -0.05) is 5.21 Å². The molecule has 0 aliphatic heterocycles. The topological polar surface area (TPSA) is 90.5 Å². The second-order valence-corrected chi connectivity index (χ2v) is 5.25. The monoisotopic (exact) mass is 311 g/mol. The van der Waals surface area contributed by atoms with Crippen molar-refractivity contribution in [3.63, 3.8) is 0 Å². The van der Waals surface area contributed by atoms with Crippen LogP contribution in [0.1, 0.15) is 21.6 Å². The predicted molar refractivity (Wildman–Crippen MR) is 84.2 cm³/mol. The van der Waals surface area contributed by atoms with E-state index in [0.29, 0.717) is 11.3 Å². The number of carbonyl (C=O) groups excluding carboxylic acids is 1. The molecule has 118 valence electrons. The Kier molecular flexibility index (Phi) is 3.65. The lowest BCUT2D eigenvalue weighted by Crippen LogP contribution is -2.17. The second-order valence-electron chi connectivity index (χ2n) is 5.25. The number of hydrogen-bond acceptors (Lipinski definition) is 5. The highest BCUT2D eigenvalue weighted by Gasteiger charge is 2.14. The molecule has 0 atom stereocenters. The Labute approximate surface area is 133 Å². The van der Waals surface area contributed by atoms with Crippen molar-refractivity contribution in [2.24, 2.45) is 7.05 Å². The fraction of sp³-hybridized carbons (Fsp3) is 0.267. The van der Waals surface area contributed by atoms with E-state index in [1.165, 1.54) is 6.20 Å². The van der Waals surface area contributed by atoms with Crippen LogP contribution in [0.3, 0.4) is 0 Å². The fourth-order valence-electron chi connectivity index (χ4n) is 2.42. The van der Waals surface area contributed by atoms with Gasteiger partial charge in [-0.05, 0) is 19.9 Å². The van der Waals surface area contributed by atoms with E-state index in [4.69, 9.17) is 0 Å². The number of hydrogen-bond donors (Lipinski definition) is 1. The molecule has 3 aromatic rings. The van der Waals surface area contributed by atoms with E-state index in [9.17, 15) is 4.79 Å². The van der Waals surface area contributed by atoms with Gasteiger partial charge in [0.2, 0.25) is 0 Å². The average Bonchev–Trinajstić information content (AvgIpc) is 3.12. The van der Waals surface area contributed by atoms with E-state index < -0.39 is 0 Å². The molecule has 0 fully saturated rings. The number of amides is 1. The maximum absolute atomic E-state index is 11.7. The van der Waals surface area contributed by atoms with Crippen molar-refractivity contribution < 1.29 is 4.79 Å². The molecule has 8 nitrogen and oxygen atoms in total. The Morgan fingerprint density at radius 1 is 1.26 bits per heavy atom. The minimum Gasteiger partial charge on any atom is -0.355 e. The number of aromatic nitrogens is 6. The first-order valence-corrected chi connectivity index (χ1v) is 7.11. The summed E-state index contributed by atoms with van der Waals surface area (Å²) < 4.78 is 3.44. The lowest BCUT2D eigenvalue weighted by atomic mass is 10.1. The number of carbonyl (C=O) groups is 1. The Morgan fingerprint density at radius 2 is 2.04 bits per heavy atom. The third-order valence-electron chi connectivity index (χ3n) is 3.72. The number of nitrogens with one attached hydrogen (secondary N) is 1. The van der Waals surface area contributed by atoms with Crippen LogP contribution in [0.15, 0.2) is 24.7 Å². The molecular formula is C15H17N7O. The molecule has 1 N–H and O–H groups in total. The van der Waals surface area contributed by atoms with Crippen molar-refractivity contribution in [3.05, 3.63) is 41.5 Å². The lowest BCUT2D eigenvalue weighted by Gasteiger charge is -2.02. The summed E-state index contributed by atoms with van der Waals surface area (Å²) in [5.41, 5.74) is 3.84. The molecule has 1 amide bonds. The highest BCUT2D eigenvalue weighted by Crippen LogP contribution is 2.20. The summed E-state index contributed by atoms with van der Waals surface area (Å²) in [5, 5.41) is 15.3. The Hall–Kier alpha value is -3.03. The number of aryl methyl sites for hydroxylation is 2. The summed E-state index contributed by atoms with van der Waals surface area (Å²) in [6.45, 7) is 3.94. The van der Waals surface area contributed by atoms with Gasteiger partial charge in [0.1, 0.15) is 5.69 Å². The highest BCUT2D eigenvalue weighted by atomic mass is 16.1. The third-order valence-corrected chi connectivity index (χ3v) is 3.72. The largest absolute Gasteiger partial charge is 0.355 e. The molecule has 0 unspecified atom stereocenters. The van der Waals surface area contributed by atoms with Crippen LogP contribution in [0.25, 0.3) is 17.1 Å². The maximum Gasteiger partial charge on any atom is 0.252 e. The van der Waals surface area contributed by atoms with Gasteiger partial charge in [-0.15, -0.1) is 5.10 Å². The van der Waals surface area contributed by atoms with E-state index in [1.807, 2.05) is 20.9 Å². The molecule has 23 heavy (non-hydrogen) atoms. The quantitative estimate of drug-likeness (QED) is 0.780. The zero-order chi connectivity index (χ0) is 16.6. The molecule has 0 spiro atoms. The summed E-state index contributed by atoms with van der Waals surface area (Å²) in [5.74, 6) is 0.668. The first kappa shape index (κ1) is 14.9. The first-order valence-electron chi connectivity index (χ1n) is 7.11. The van der Waals surface area contributed by atoms with Gasteiger partial charge >= 0.3 is 0 Å². The normalized spacial score (nSPS) is 10.8. The van der Waals surface area contributed by atoms with Crippen molar-refractivity contribution >= 4 is 5.91 Å². The van der Waals surface area contributed by atoms with Crippen LogP contribution in [0.4, 0.5) is 0 Å². The lowest BCUT2D eigenvalue weighted by molar-refractivity contribution is 0.0963. The van der Waals surface area contributed by atoms with Crippen molar-refractivity contribution in [2.75, 3.05) is 7.05 Å². The van der Waals surface area contributed by atoms with Crippen LogP contribution < -0.4 is 5.32 Å². The third kappa shape index (κ3) is 2.59. The molecule has 3 heterocycles. The van der Waals surface area contributed by atoms with Gasteiger partial charge in [0.15, 0.2) is 5.82 Å². The molecule has 0 aromatic carbocycles. The molecule has 3 rings (SSSR count). The first-order chi connectivity index (χ1) is 11.0. The molecule has 0 aliphatic carbocycles. The van der Waals surface area contributed by atoms with Crippen molar-refractivity contribution in [1.82, 2.24) is 35.1 Å². The van der Waals surface area contributed by atoms with Crippen molar-refractivity contribution in [3.8, 4) is 17.1 Å². The smallest absolute Gasteiger partial charge is 0.252 e. The highest BCUT2D eigenvalue weighted by molar-refractivity contribution is 5.94. The fourth-order valence-corrected chi connectivity index (χ4v) is 2.42. The minimum atomic E-state index is -0.190. The average molecular weight is 311 g/mol. The minimum absolute atomic E-state index is 0.190. The molecule has 3 aromatic heterocycles. The predicted octanol–water partition coefficient (Wildman–Crippen LogP) is 1.04. The summed E-state index contributed by atoms with van der Waals surface area (Å²) in [6.07, 6.45) is 4.97. The molecule has 0 saturated heterocycles. The number of pyridine rings is 1. The van der Waals surface area contributed by atoms with Crippen LogP contribution in [-0.2, 0) is 7.05 Å². The summed E-state index contributed by atoms with van der Waals surface area (Å²) in [6, 6.07) is 1.74. The van der Waals surface area contributed by atoms with Gasteiger partial charge < -0.3 is 5.32 Å². The summed E-state index contributed by atoms with van der Waals surface area (Å²) >= 11 is 0. The Balaban J connectivity index is 2.01. The zero-order valence-corrected chi connectivity index (χ0v) is 13.4. The van der Waals surface area contributed by atoms with Crippen molar-refractivity contribution in [1.29, 1.82) is 0 Å². The Bertz CT molecular complexity index is 878. The van der Waals surface area contributed by atoms with Crippen LogP contribution >= 0.6 is 0 Å². The van der Waals surface area contributed by atoms with E-state index in [0.717, 1.165) is 22.6 Å². The number of nitrogens with zero attached hydrogens (tertiary/aromatic N) is 6. The van der Waals surface area contributed by atoms with Gasteiger partial charge in [-0.25, -0.2) is 4.68 Å². The van der Waals surface area contributed by atoms with Gasteiger partial charge in [0, 0.05) is 37.6 Å². The van der Waals surface area contributed by atoms with Crippen molar-refractivity contribution in [2.45, 2.75) is 13.8 Å². The van der Waals surface area contributed by atoms with E-state index in [2.05, 4.69) is 25.7 Å². The van der Waals surface area contributed by atoms with E-state index in [1.54, 1.807) is 34.9 Å². The Morgan fingerprint density at radius 3 is 2.70 bits per heavy atom. The molecular weight excluding hydrogens is 294 g/mol. The zero-order valence-electron chi connectivity index (χ0n) is 13.4. The van der Waals surface area contributed by atoms with Crippen LogP contribution in [0, 0.1) is 13.8 Å². The van der Waals surface area contributed by atoms with Crippen LogP contribution in [-0.4, -0.2) is 42.7 Å². The van der Waals surface area contributed by atoms with Gasteiger partial charge in [0.25, 0.3) is 5.91 Å². The van der Waals surface area contributed by atoms with Crippen LogP contribution in [0.5, 0.6) is 0 Å². The van der Waals surface area contributed by atoms with Gasteiger partial charge in [-0.3, -0.25) is 14.5 Å². The number of rotatable bonds is 3. The molecule has 8 heteroatoms. The maximum atomic E-state index is 11.7. The van der Waals surface area contributed by atoms with Gasteiger partial charge in [0.05, 0.1) is 17.5 Å². The standard InChI is InChI=1S/C15H17N7O/c1-9-10(2)19-21(4)15(9)22-8-13(18-20-22)11-5-12(7-17-6-11)14(23)16-3/h5-8H,1-4H3,(H,16,23). The molecule has 0 saturated carbocycles. The summed E-state index contributed by atoms with van der Waals surface area (Å²) in [7, 11) is 3.45. The summed E-state index contributed by atoms with van der Waals surface area (Å²) in [4.78, 5) is 15.8. The second kappa shape index (κ2) is 5.64. The molecule has 0 bridgehead atoms. The molecule has 0 aliphatic rings. The molecule has 0 radical (unpaired) electrons. The SMILES string of the molecule is CNC(=O)c1cncc(-c2cn(-c3c(C)c(C)nn3C)nn2)c1. The van der Waals surface area contributed by atoms with Crippen LogP contribution in [0.2, 0.25) is 0 Å². The van der Waals surface area contributed by atoms with E-state index in [-0.39, 0.29) is 5.91 Å². The van der Waals surface area contributed by atoms with Gasteiger partial charge in [-0.2, -0.15) is 5.10 Å².